The van der Waals surface area contributed by atoms with Crippen LogP contribution in [0.4, 0.5) is 0 Å². The molecule has 0 radical (unpaired) electrons. The fourth-order valence-electron chi connectivity index (χ4n) is 1.74. The highest BCUT2D eigenvalue weighted by molar-refractivity contribution is 5.84. The fourth-order valence-corrected chi connectivity index (χ4v) is 1.74. The molecule has 0 aliphatic rings. The predicted molar refractivity (Wildman–Crippen MR) is 79.8 cm³/mol. The molecule has 1 aromatic carbocycles. The normalized spacial score (nSPS) is 11.0. The molecular weight excluding hydrogens is 240 g/mol. The van der Waals surface area contributed by atoms with E-state index in [9.17, 15) is 0 Å². The number of hydrogen-bond donors (Lipinski definition) is 2. The van der Waals surface area contributed by atoms with Gasteiger partial charge >= 0.3 is 0 Å². The molecule has 0 spiro atoms. The Bertz CT molecular complexity index is 488. The van der Waals surface area contributed by atoms with Crippen LogP contribution >= 0.6 is 0 Å². The van der Waals surface area contributed by atoms with Gasteiger partial charge in [0.2, 0.25) is 5.96 Å². The van der Waals surface area contributed by atoms with Crippen molar-refractivity contribution in [2.45, 2.75) is 33.6 Å². The second-order valence-corrected chi connectivity index (χ2v) is 4.60. The van der Waals surface area contributed by atoms with E-state index in [0.29, 0.717) is 12.5 Å². The van der Waals surface area contributed by atoms with Gasteiger partial charge in [0.1, 0.15) is 5.75 Å². The molecule has 104 valence electrons. The van der Waals surface area contributed by atoms with E-state index in [1.165, 1.54) is 0 Å². The van der Waals surface area contributed by atoms with Gasteiger partial charge in [-0.25, -0.2) is 0 Å². The molecule has 5 heteroatoms. The fraction of sp³-hybridized carbons (Fsp3) is 0.429. The second kappa shape index (κ2) is 6.78. The summed E-state index contributed by atoms with van der Waals surface area (Å²) in [4.78, 5) is 0. The summed E-state index contributed by atoms with van der Waals surface area (Å²) in [6.07, 6.45) is 1.65. The monoisotopic (exact) mass is 262 g/mol. The van der Waals surface area contributed by atoms with Gasteiger partial charge < -0.3 is 16.2 Å². The number of guanidine groups is 1. The predicted octanol–water partition coefficient (Wildman–Crippen LogP) is 2.12. The number of rotatable bonds is 5. The van der Waals surface area contributed by atoms with Crippen molar-refractivity contribution in [2.75, 3.05) is 6.61 Å². The van der Waals surface area contributed by atoms with Crippen LogP contribution in [0.3, 0.4) is 0 Å². The molecule has 0 fully saturated rings. The Morgan fingerprint density at radius 1 is 1.37 bits per heavy atom. The van der Waals surface area contributed by atoms with E-state index < -0.39 is 0 Å². The van der Waals surface area contributed by atoms with Gasteiger partial charge in [0.15, 0.2) is 0 Å². The second-order valence-electron chi connectivity index (χ2n) is 4.60. The minimum absolute atomic E-state index is 0.0519. The summed E-state index contributed by atoms with van der Waals surface area (Å²) in [5, 5.41) is 7.45. The van der Waals surface area contributed by atoms with E-state index in [-0.39, 0.29) is 5.96 Å². The van der Waals surface area contributed by atoms with Crippen LogP contribution < -0.4 is 16.2 Å². The lowest BCUT2D eigenvalue weighted by molar-refractivity contribution is 0.335. The van der Waals surface area contributed by atoms with Gasteiger partial charge in [-0.15, -0.1) is 5.10 Å². The van der Waals surface area contributed by atoms with Crippen LogP contribution in [0.15, 0.2) is 22.3 Å². The first-order valence-corrected chi connectivity index (χ1v) is 6.35. The quantitative estimate of drug-likeness (QED) is 0.484. The minimum atomic E-state index is -0.0519. The first kappa shape index (κ1) is 15.0. The molecule has 0 bridgehead atoms. The van der Waals surface area contributed by atoms with Gasteiger partial charge in [-0.1, -0.05) is 13.8 Å². The van der Waals surface area contributed by atoms with Gasteiger partial charge in [0.25, 0.3) is 0 Å². The summed E-state index contributed by atoms with van der Waals surface area (Å²) in [5.74, 6) is 1.25. The zero-order valence-corrected chi connectivity index (χ0v) is 12.0. The van der Waals surface area contributed by atoms with Crippen LogP contribution in [0, 0.1) is 6.92 Å². The maximum absolute atomic E-state index is 5.66. The van der Waals surface area contributed by atoms with E-state index in [0.717, 1.165) is 22.4 Å². The Balaban J connectivity index is 3.17. The van der Waals surface area contributed by atoms with Crippen molar-refractivity contribution in [2.24, 2.45) is 21.7 Å². The van der Waals surface area contributed by atoms with Crippen LogP contribution in [0.2, 0.25) is 0 Å². The molecule has 0 atom stereocenters. The Labute approximate surface area is 114 Å². The van der Waals surface area contributed by atoms with E-state index >= 15 is 0 Å². The number of hydrogen-bond acceptors (Lipinski definition) is 3. The molecular formula is C14H22N4O. The molecule has 0 aromatic heterocycles. The molecule has 0 aliphatic carbocycles. The van der Waals surface area contributed by atoms with Gasteiger partial charge in [-0.3, -0.25) is 0 Å². The molecule has 0 saturated heterocycles. The lowest BCUT2D eigenvalue weighted by Crippen LogP contribution is -2.21. The topological polar surface area (TPSA) is 86.0 Å². The van der Waals surface area contributed by atoms with E-state index in [2.05, 4.69) is 30.1 Å². The molecule has 0 aliphatic heterocycles. The smallest absolute Gasteiger partial charge is 0.211 e. The molecule has 0 amide bonds. The third-order valence-electron chi connectivity index (χ3n) is 2.69. The molecule has 1 rings (SSSR count). The molecule has 0 saturated carbocycles. The SMILES string of the molecule is CCOc1cc(C)c(C=NN=C(N)N)cc1C(C)C. The molecule has 4 N–H and O–H groups in total. The molecule has 1 aromatic rings. The summed E-state index contributed by atoms with van der Waals surface area (Å²) < 4.78 is 5.66. The Kier molecular flexibility index (Phi) is 5.36. The van der Waals surface area contributed by atoms with E-state index in [1.807, 2.05) is 19.9 Å². The first-order chi connectivity index (χ1) is 8.95. The van der Waals surface area contributed by atoms with Crippen LogP contribution in [0.5, 0.6) is 5.75 Å². The highest BCUT2D eigenvalue weighted by atomic mass is 16.5. The van der Waals surface area contributed by atoms with Gasteiger partial charge in [-0.05, 0) is 48.6 Å². The largest absolute Gasteiger partial charge is 0.494 e. The van der Waals surface area contributed by atoms with Crippen LogP contribution in [0.1, 0.15) is 43.4 Å². The van der Waals surface area contributed by atoms with Crippen LogP contribution in [-0.4, -0.2) is 18.8 Å². The van der Waals surface area contributed by atoms with Crippen molar-refractivity contribution < 1.29 is 4.74 Å². The third-order valence-corrected chi connectivity index (χ3v) is 2.69. The average molecular weight is 262 g/mol. The van der Waals surface area contributed by atoms with Gasteiger partial charge in [0.05, 0.1) is 12.8 Å². The van der Waals surface area contributed by atoms with E-state index in [4.69, 9.17) is 16.2 Å². The molecule has 5 nitrogen and oxygen atoms in total. The summed E-state index contributed by atoms with van der Waals surface area (Å²) in [7, 11) is 0. The number of nitrogens with two attached hydrogens (primary N) is 2. The summed E-state index contributed by atoms with van der Waals surface area (Å²) >= 11 is 0. The Morgan fingerprint density at radius 2 is 2.05 bits per heavy atom. The van der Waals surface area contributed by atoms with E-state index in [1.54, 1.807) is 6.21 Å². The summed E-state index contributed by atoms with van der Waals surface area (Å²) in [6.45, 7) is 8.89. The van der Waals surface area contributed by atoms with Crippen molar-refractivity contribution in [3.8, 4) is 5.75 Å². The first-order valence-electron chi connectivity index (χ1n) is 6.35. The maximum atomic E-state index is 5.66. The minimum Gasteiger partial charge on any atom is -0.494 e. The number of benzene rings is 1. The lowest BCUT2D eigenvalue weighted by Gasteiger charge is -2.15. The van der Waals surface area contributed by atoms with Crippen molar-refractivity contribution in [3.05, 3.63) is 28.8 Å². The van der Waals surface area contributed by atoms with Crippen LogP contribution in [0.25, 0.3) is 0 Å². The maximum Gasteiger partial charge on any atom is 0.211 e. The summed E-state index contributed by atoms with van der Waals surface area (Å²) in [5.41, 5.74) is 13.7. The van der Waals surface area contributed by atoms with Crippen LogP contribution in [-0.2, 0) is 0 Å². The Morgan fingerprint density at radius 3 is 2.58 bits per heavy atom. The molecule has 19 heavy (non-hydrogen) atoms. The summed E-state index contributed by atoms with van der Waals surface area (Å²) in [6, 6.07) is 4.09. The highest BCUT2D eigenvalue weighted by Crippen LogP contribution is 2.29. The number of ether oxygens (including phenoxy) is 1. The highest BCUT2D eigenvalue weighted by Gasteiger charge is 2.10. The molecule has 0 heterocycles. The van der Waals surface area contributed by atoms with Gasteiger partial charge in [-0.2, -0.15) is 5.10 Å². The molecule has 0 unspecified atom stereocenters. The zero-order valence-electron chi connectivity index (χ0n) is 12.0. The Hall–Kier alpha value is -2.04. The van der Waals surface area contributed by atoms with Crippen molar-refractivity contribution in [1.29, 1.82) is 0 Å². The van der Waals surface area contributed by atoms with Crippen molar-refractivity contribution in [1.82, 2.24) is 0 Å². The third kappa shape index (κ3) is 4.28. The average Bonchev–Trinajstić information content (AvgIpc) is 2.31. The van der Waals surface area contributed by atoms with Gasteiger partial charge in [0, 0.05) is 0 Å². The number of aryl methyl sites for hydroxylation is 1. The lowest BCUT2D eigenvalue weighted by atomic mass is 9.97. The standard InChI is InChI=1S/C14H22N4O/c1-5-19-13-6-10(4)11(7-12(13)9(2)3)8-17-18-14(15)16/h6-9H,5H2,1-4H3,(H4,15,16,18). The number of nitrogens with zero attached hydrogens (tertiary/aromatic N) is 2. The van der Waals surface area contributed by atoms with Crippen molar-refractivity contribution >= 4 is 12.2 Å². The van der Waals surface area contributed by atoms with Crippen molar-refractivity contribution in [3.63, 3.8) is 0 Å². The zero-order chi connectivity index (χ0) is 14.4.